The highest BCUT2D eigenvalue weighted by molar-refractivity contribution is 6.13. The summed E-state index contributed by atoms with van der Waals surface area (Å²) >= 11 is 5.46. The van der Waals surface area contributed by atoms with Crippen molar-refractivity contribution in [1.29, 1.82) is 0 Å². The number of hydrogen-bond donors (Lipinski definition) is 2. The zero-order chi connectivity index (χ0) is 9.99. The average Bonchev–Trinajstić information content (AvgIpc) is 1.85. The van der Waals surface area contributed by atoms with Gasteiger partial charge in [-0.25, -0.2) is 4.84 Å². The highest BCUT2D eigenvalue weighted by Gasteiger charge is 2.34. The molecule has 0 aliphatic carbocycles. The summed E-state index contributed by atoms with van der Waals surface area (Å²) in [5.41, 5.74) is -1.10. The quantitative estimate of drug-likeness (QED) is 0.672. The summed E-state index contributed by atoms with van der Waals surface area (Å²) in [5, 5.41) is 8.83. The van der Waals surface area contributed by atoms with Crippen LogP contribution >= 0.6 is 11.8 Å². The molecule has 0 saturated heterocycles. The van der Waals surface area contributed by atoms with E-state index in [2.05, 4.69) is 4.84 Å². The number of carboxylic acid groups (broad SMARTS) is 1. The molecule has 0 bridgehead atoms. The van der Waals surface area contributed by atoms with Crippen molar-refractivity contribution in [1.82, 2.24) is 4.84 Å². The van der Waals surface area contributed by atoms with Crippen LogP contribution in [0.1, 0.15) is 34.1 Å². The van der Waals surface area contributed by atoms with Gasteiger partial charge in [-0.3, -0.25) is 4.79 Å². The molecule has 0 aliphatic heterocycles. The van der Waals surface area contributed by atoms with Gasteiger partial charge in [0.2, 0.25) is 0 Å². The van der Waals surface area contributed by atoms with Crippen molar-refractivity contribution in [3.05, 3.63) is 0 Å². The summed E-state index contributed by atoms with van der Waals surface area (Å²) < 4.78 is 0. The van der Waals surface area contributed by atoms with Gasteiger partial charge in [0.15, 0.2) is 0 Å². The van der Waals surface area contributed by atoms with Gasteiger partial charge in [-0.05, 0) is 45.9 Å². The fourth-order valence-electron chi connectivity index (χ4n) is 1.21. The second kappa shape index (κ2) is 3.62. The number of nitrogens with one attached hydrogen (secondary N) is 1. The molecule has 12 heavy (non-hydrogen) atoms. The predicted octanol–water partition coefficient (Wildman–Crippen LogP) is 2.01. The first kappa shape index (κ1) is 11.7. The molecule has 0 heterocycles. The van der Waals surface area contributed by atoms with E-state index in [9.17, 15) is 4.79 Å². The Morgan fingerprint density at radius 3 is 2.08 bits per heavy atom. The molecule has 0 aromatic carbocycles. The molecule has 0 unspecified atom stereocenters. The van der Waals surface area contributed by atoms with E-state index >= 15 is 0 Å². The summed E-state index contributed by atoms with van der Waals surface area (Å²) in [6.45, 7) is 7.10. The van der Waals surface area contributed by atoms with Gasteiger partial charge >= 0.3 is 5.97 Å². The Morgan fingerprint density at radius 1 is 1.42 bits per heavy atom. The molecule has 72 valence electrons. The predicted molar refractivity (Wildman–Crippen MR) is 49.1 cm³/mol. The first-order valence-electron chi connectivity index (χ1n) is 3.82. The lowest BCUT2D eigenvalue weighted by atomic mass is 9.81. The first-order valence-corrected chi connectivity index (χ1v) is 4.20. The third kappa shape index (κ3) is 3.41. The van der Waals surface area contributed by atoms with E-state index in [4.69, 9.17) is 16.9 Å². The molecule has 0 radical (unpaired) electrons. The van der Waals surface area contributed by atoms with E-state index in [1.807, 2.05) is 13.8 Å². The van der Waals surface area contributed by atoms with E-state index < -0.39 is 11.4 Å². The lowest BCUT2D eigenvalue weighted by Gasteiger charge is -2.30. The summed E-state index contributed by atoms with van der Waals surface area (Å²) in [5.74, 6) is -0.803. The van der Waals surface area contributed by atoms with Crippen molar-refractivity contribution in [3.63, 3.8) is 0 Å². The molecule has 0 aliphatic rings. The fraction of sp³-hybridized carbons (Fsp3) is 0.875. The highest BCUT2D eigenvalue weighted by atomic mass is 35.5. The standard InChI is InChI=1S/C8H16ClNO2/c1-7(2,6(11)12)5-8(3,4)10-9/h10H,5H2,1-4H3,(H,11,12). The van der Waals surface area contributed by atoms with Gasteiger partial charge in [0.25, 0.3) is 0 Å². The van der Waals surface area contributed by atoms with Gasteiger partial charge in [-0.2, -0.15) is 0 Å². The summed E-state index contributed by atoms with van der Waals surface area (Å²) in [7, 11) is 0. The highest BCUT2D eigenvalue weighted by Crippen LogP contribution is 2.28. The van der Waals surface area contributed by atoms with Gasteiger partial charge in [0.05, 0.1) is 5.41 Å². The van der Waals surface area contributed by atoms with Gasteiger partial charge in [0.1, 0.15) is 0 Å². The number of rotatable bonds is 4. The van der Waals surface area contributed by atoms with Crippen LogP contribution in [-0.4, -0.2) is 16.6 Å². The van der Waals surface area contributed by atoms with Gasteiger partial charge in [-0.1, -0.05) is 0 Å². The number of aliphatic carboxylic acids is 1. The van der Waals surface area contributed by atoms with Gasteiger partial charge in [0, 0.05) is 5.54 Å². The molecule has 0 aromatic rings. The minimum Gasteiger partial charge on any atom is -0.481 e. The zero-order valence-electron chi connectivity index (χ0n) is 7.94. The third-order valence-corrected chi connectivity index (χ3v) is 2.23. The molecule has 0 spiro atoms. The van der Waals surface area contributed by atoms with Crippen molar-refractivity contribution in [3.8, 4) is 0 Å². The Balaban J connectivity index is 4.34. The monoisotopic (exact) mass is 193 g/mol. The second-order valence-corrected chi connectivity index (χ2v) is 4.53. The molecular weight excluding hydrogens is 178 g/mol. The van der Waals surface area contributed by atoms with Crippen molar-refractivity contribution in [2.24, 2.45) is 5.41 Å². The topological polar surface area (TPSA) is 49.3 Å². The molecule has 0 rings (SSSR count). The Hall–Kier alpha value is -0.280. The summed E-state index contributed by atoms with van der Waals surface area (Å²) in [6.07, 6.45) is 0.485. The Kier molecular flexibility index (Phi) is 3.54. The molecule has 0 aromatic heterocycles. The minimum absolute atomic E-state index is 0.358. The largest absolute Gasteiger partial charge is 0.481 e. The lowest BCUT2D eigenvalue weighted by molar-refractivity contribution is -0.148. The normalized spacial score (nSPS) is 13.1. The van der Waals surface area contributed by atoms with E-state index in [-0.39, 0.29) is 5.54 Å². The Morgan fingerprint density at radius 2 is 1.83 bits per heavy atom. The van der Waals surface area contributed by atoms with Crippen LogP contribution in [0.5, 0.6) is 0 Å². The number of halogens is 1. The lowest BCUT2D eigenvalue weighted by Crippen LogP contribution is -2.40. The van der Waals surface area contributed by atoms with E-state index in [0.29, 0.717) is 6.42 Å². The van der Waals surface area contributed by atoms with Crippen LogP contribution in [0.2, 0.25) is 0 Å². The van der Waals surface area contributed by atoms with Gasteiger partial charge in [-0.15, -0.1) is 0 Å². The Labute approximate surface area is 78.2 Å². The SMILES string of the molecule is CC(C)(CC(C)(C)C(=O)O)NCl. The number of hydrogen-bond acceptors (Lipinski definition) is 2. The van der Waals surface area contributed by atoms with Crippen LogP contribution in [0, 0.1) is 5.41 Å². The van der Waals surface area contributed by atoms with E-state index in [1.54, 1.807) is 13.8 Å². The maximum absolute atomic E-state index is 10.7. The second-order valence-electron chi connectivity index (χ2n) is 4.34. The van der Waals surface area contributed by atoms with Crippen LogP contribution in [0.3, 0.4) is 0 Å². The first-order chi connectivity index (χ1) is 5.21. The summed E-state index contributed by atoms with van der Waals surface area (Å²) in [4.78, 5) is 13.3. The molecule has 0 saturated carbocycles. The molecular formula is C8H16ClNO2. The van der Waals surface area contributed by atoms with Crippen LogP contribution < -0.4 is 4.84 Å². The zero-order valence-corrected chi connectivity index (χ0v) is 8.70. The van der Waals surface area contributed by atoms with E-state index in [1.165, 1.54) is 0 Å². The van der Waals surface area contributed by atoms with E-state index in [0.717, 1.165) is 0 Å². The number of carbonyl (C=O) groups is 1. The minimum atomic E-state index is -0.803. The van der Waals surface area contributed by atoms with Crippen molar-refractivity contribution < 1.29 is 9.90 Å². The van der Waals surface area contributed by atoms with Crippen LogP contribution in [-0.2, 0) is 4.79 Å². The van der Waals surface area contributed by atoms with Crippen molar-refractivity contribution in [2.75, 3.05) is 0 Å². The maximum Gasteiger partial charge on any atom is 0.309 e. The van der Waals surface area contributed by atoms with Crippen molar-refractivity contribution in [2.45, 2.75) is 39.7 Å². The smallest absolute Gasteiger partial charge is 0.309 e. The molecule has 0 amide bonds. The van der Waals surface area contributed by atoms with Crippen LogP contribution in [0.4, 0.5) is 0 Å². The average molecular weight is 194 g/mol. The summed E-state index contributed by atoms with van der Waals surface area (Å²) in [6, 6.07) is 0. The molecule has 3 nitrogen and oxygen atoms in total. The molecule has 2 N–H and O–H groups in total. The maximum atomic E-state index is 10.7. The van der Waals surface area contributed by atoms with Crippen LogP contribution in [0.15, 0.2) is 0 Å². The molecule has 4 heteroatoms. The van der Waals surface area contributed by atoms with Crippen LogP contribution in [0.25, 0.3) is 0 Å². The van der Waals surface area contributed by atoms with Crippen molar-refractivity contribution >= 4 is 17.7 Å². The molecule has 0 fully saturated rings. The Bertz CT molecular complexity index is 178. The fourth-order valence-corrected chi connectivity index (χ4v) is 1.28. The third-order valence-electron chi connectivity index (χ3n) is 1.72. The molecule has 0 atom stereocenters. The number of carboxylic acids is 1. The van der Waals surface area contributed by atoms with Gasteiger partial charge < -0.3 is 5.11 Å².